The first-order valence-electron chi connectivity index (χ1n) is 8.75. The Morgan fingerprint density at radius 1 is 0.840 bits per heavy atom. The molecule has 0 bridgehead atoms. The molecule has 0 saturated heterocycles. The molecule has 0 aliphatic carbocycles. The van der Waals surface area contributed by atoms with Gasteiger partial charge in [0.05, 0.1) is 0 Å². The van der Waals surface area contributed by atoms with Crippen LogP contribution in [-0.2, 0) is 22.6 Å². The van der Waals surface area contributed by atoms with Crippen molar-refractivity contribution in [2.75, 3.05) is 0 Å². The predicted molar refractivity (Wildman–Crippen MR) is 98.7 cm³/mol. The number of unbranched alkanes of at least 4 members (excludes halogenated alkanes) is 3. The number of carbonyl (C=O) groups is 1. The lowest BCUT2D eigenvalue weighted by Crippen LogP contribution is -2.17. The molecule has 0 unspecified atom stereocenters. The van der Waals surface area contributed by atoms with Crippen LogP contribution in [0.25, 0.3) is 0 Å². The molecule has 2 aromatic carbocycles. The fraction of sp³-hybridized carbons (Fsp3) is 0.333. The topological polar surface area (TPSA) is 58.9 Å². The second kappa shape index (κ2) is 11.0. The van der Waals surface area contributed by atoms with Crippen molar-refractivity contribution >= 4 is 11.7 Å². The first-order chi connectivity index (χ1) is 12.3. The lowest BCUT2D eigenvalue weighted by atomic mass is 10.0. The highest BCUT2D eigenvalue weighted by Crippen LogP contribution is 2.10. The monoisotopic (exact) mass is 339 g/mol. The zero-order valence-electron chi connectivity index (χ0n) is 14.4. The molecule has 0 radical (unpaired) electrons. The van der Waals surface area contributed by atoms with Crippen molar-refractivity contribution in [3.05, 3.63) is 71.8 Å². The normalized spacial score (nSPS) is 11.3. The molecule has 0 atom stereocenters. The lowest BCUT2D eigenvalue weighted by molar-refractivity contribution is -0.137. The van der Waals surface area contributed by atoms with Gasteiger partial charge in [-0.2, -0.15) is 0 Å². The number of esters is 1. The van der Waals surface area contributed by atoms with E-state index in [0.29, 0.717) is 6.42 Å². The summed E-state index contributed by atoms with van der Waals surface area (Å²) in [7, 11) is 0. The number of aryl methyl sites for hydroxylation is 1. The van der Waals surface area contributed by atoms with Gasteiger partial charge in [0.2, 0.25) is 0 Å². The van der Waals surface area contributed by atoms with Crippen LogP contribution < -0.4 is 0 Å². The summed E-state index contributed by atoms with van der Waals surface area (Å²) in [6.45, 7) is 0.190. The van der Waals surface area contributed by atoms with Crippen LogP contribution >= 0.6 is 0 Å². The third-order valence-corrected chi connectivity index (χ3v) is 4.04. The van der Waals surface area contributed by atoms with Gasteiger partial charge < -0.3 is 9.94 Å². The minimum atomic E-state index is -0.546. The van der Waals surface area contributed by atoms with E-state index in [0.717, 1.165) is 37.7 Å². The molecular formula is C21H25NO3. The van der Waals surface area contributed by atoms with E-state index >= 15 is 0 Å². The van der Waals surface area contributed by atoms with Gasteiger partial charge in [-0.25, -0.2) is 4.79 Å². The third-order valence-electron chi connectivity index (χ3n) is 4.04. The zero-order valence-corrected chi connectivity index (χ0v) is 14.4. The van der Waals surface area contributed by atoms with Gasteiger partial charge in [0, 0.05) is 6.42 Å². The Labute approximate surface area is 149 Å². The van der Waals surface area contributed by atoms with E-state index in [2.05, 4.69) is 29.4 Å². The summed E-state index contributed by atoms with van der Waals surface area (Å²) in [4.78, 5) is 11.9. The number of rotatable bonds is 10. The maximum atomic E-state index is 11.9. The molecule has 0 heterocycles. The fourth-order valence-corrected chi connectivity index (χ4v) is 2.62. The van der Waals surface area contributed by atoms with Crippen molar-refractivity contribution in [3.63, 3.8) is 0 Å². The van der Waals surface area contributed by atoms with E-state index in [1.165, 1.54) is 5.56 Å². The minimum absolute atomic E-state index is 0.0963. The molecule has 2 rings (SSSR count). The van der Waals surface area contributed by atoms with Crippen molar-refractivity contribution in [1.82, 2.24) is 0 Å². The van der Waals surface area contributed by atoms with Crippen LogP contribution in [0.3, 0.4) is 0 Å². The Kier molecular flexibility index (Phi) is 8.25. The molecule has 2 aromatic rings. The van der Waals surface area contributed by atoms with Crippen LogP contribution in [0.15, 0.2) is 65.8 Å². The molecule has 0 aromatic heterocycles. The first-order valence-corrected chi connectivity index (χ1v) is 8.75. The van der Waals surface area contributed by atoms with Crippen LogP contribution in [0.4, 0.5) is 0 Å². The van der Waals surface area contributed by atoms with Crippen LogP contribution in [0, 0.1) is 0 Å². The number of hydrogen-bond donors (Lipinski definition) is 1. The number of benzene rings is 2. The van der Waals surface area contributed by atoms with Crippen LogP contribution in [0.1, 0.15) is 43.2 Å². The fourth-order valence-electron chi connectivity index (χ4n) is 2.62. The van der Waals surface area contributed by atoms with Gasteiger partial charge >= 0.3 is 5.97 Å². The molecule has 0 fully saturated rings. The number of carbonyl (C=O) groups excluding carboxylic acids is 1. The second-order valence-electron chi connectivity index (χ2n) is 6.01. The number of nitrogens with zero attached hydrogens (tertiary/aromatic N) is 1. The zero-order chi connectivity index (χ0) is 17.7. The Bertz CT molecular complexity index is 653. The molecule has 0 amide bonds. The largest absolute Gasteiger partial charge is 0.456 e. The summed E-state index contributed by atoms with van der Waals surface area (Å²) in [5, 5.41) is 12.1. The van der Waals surface area contributed by atoms with Crippen molar-refractivity contribution in [2.24, 2.45) is 5.16 Å². The highest BCUT2D eigenvalue weighted by molar-refractivity contribution is 6.36. The molecule has 1 N–H and O–H groups in total. The van der Waals surface area contributed by atoms with Crippen LogP contribution in [0.2, 0.25) is 0 Å². The van der Waals surface area contributed by atoms with Crippen molar-refractivity contribution < 1.29 is 14.7 Å². The number of hydrogen-bond acceptors (Lipinski definition) is 4. The molecule has 0 aliphatic heterocycles. The molecule has 132 valence electrons. The van der Waals surface area contributed by atoms with Gasteiger partial charge in [-0.05, 0) is 30.4 Å². The van der Waals surface area contributed by atoms with Crippen molar-refractivity contribution in [3.8, 4) is 0 Å². The summed E-state index contributed by atoms with van der Waals surface area (Å²) < 4.78 is 5.19. The molecule has 25 heavy (non-hydrogen) atoms. The predicted octanol–water partition coefficient (Wildman–Crippen LogP) is 4.75. The minimum Gasteiger partial charge on any atom is -0.456 e. The number of oxime groups is 1. The van der Waals surface area contributed by atoms with Gasteiger partial charge in [-0.15, -0.1) is 0 Å². The van der Waals surface area contributed by atoms with Gasteiger partial charge in [0.25, 0.3) is 0 Å². The van der Waals surface area contributed by atoms with E-state index in [1.807, 2.05) is 36.4 Å². The molecule has 0 spiro atoms. The quantitative estimate of drug-likeness (QED) is 0.223. The maximum Gasteiger partial charge on any atom is 0.356 e. The average Bonchev–Trinajstić information content (AvgIpc) is 2.67. The molecule has 4 heteroatoms. The van der Waals surface area contributed by atoms with Crippen LogP contribution in [-0.4, -0.2) is 16.9 Å². The van der Waals surface area contributed by atoms with E-state index in [-0.39, 0.29) is 12.3 Å². The van der Waals surface area contributed by atoms with Crippen molar-refractivity contribution in [1.29, 1.82) is 0 Å². The lowest BCUT2D eigenvalue weighted by Gasteiger charge is -2.06. The molecule has 0 saturated carbocycles. The van der Waals surface area contributed by atoms with Gasteiger partial charge in [0.15, 0.2) is 5.71 Å². The highest BCUT2D eigenvalue weighted by Gasteiger charge is 2.13. The summed E-state index contributed by atoms with van der Waals surface area (Å²) in [6, 6.07) is 19.9. The van der Waals surface area contributed by atoms with E-state index < -0.39 is 5.97 Å². The summed E-state index contributed by atoms with van der Waals surface area (Å²) in [6.07, 6.45) is 5.53. The van der Waals surface area contributed by atoms with E-state index in [4.69, 9.17) is 9.94 Å². The van der Waals surface area contributed by atoms with Crippen molar-refractivity contribution in [2.45, 2.75) is 45.1 Å². The Balaban J connectivity index is 1.60. The number of ether oxygens (including phenoxy) is 1. The van der Waals surface area contributed by atoms with E-state index in [9.17, 15) is 4.79 Å². The van der Waals surface area contributed by atoms with Gasteiger partial charge in [0.1, 0.15) is 6.61 Å². The SMILES string of the molecule is O=C(OCc1ccccc1)C(CCCCCCc1ccccc1)=NO. The second-order valence-corrected chi connectivity index (χ2v) is 6.01. The maximum absolute atomic E-state index is 11.9. The first kappa shape index (κ1) is 18.7. The van der Waals surface area contributed by atoms with E-state index in [1.54, 1.807) is 0 Å². The van der Waals surface area contributed by atoms with Crippen LogP contribution in [0.5, 0.6) is 0 Å². The van der Waals surface area contributed by atoms with Gasteiger partial charge in [-0.1, -0.05) is 78.7 Å². The average molecular weight is 339 g/mol. The van der Waals surface area contributed by atoms with Gasteiger partial charge in [-0.3, -0.25) is 0 Å². The summed E-state index contributed by atoms with van der Waals surface area (Å²) in [5.74, 6) is -0.546. The Hall–Kier alpha value is -2.62. The summed E-state index contributed by atoms with van der Waals surface area (Å²) in [5.41, 5.74) is 2.36. The summed E-state index contributed by atoms with van der Waals surface area (Å²) >= 11 is 0. The highest BCUT2D eigenvalue weighted by atomic mass is 16.5. The molecular weight excluding hydrogens is 314 g/mol. The smallest absolute Gasteiger partial charge is 0.356 e. The molecule has 4 nitrogen and oxygen atoms in total. The Morgan fingerprint density at radius 3 is 2.08 bits per heavy atom. The molecule has 0 aliphatic rings. The Morgan fingerprint density at radius 2 is 1.44 bits per heavy atom. The standard InChI is InChI=1S/C21H25NO3/c23-21(25-17-19-14-8-4-9-15-19)20(22-24)16-10-2-1-5-11-18-12-6-3-7-13-18/h3-4,6-9,12-15,24H,1-2,5,10-11,16-17H2. The third kappa shape index (κ3) is 7.21.